The van der Waals surface area contributed by atoms with Crippen LogP contribution < -0.4 is 26.0 Å². The summed E-state index contributed by atoms with van der Waals surface area (Å²) in [6.45, 7) is 0.852. The Kier molecular flexibility index (Phi) is 7.69. The standard InChI is InChI=1S/C27H28F2N8O3S/c1-35(2)13-21(38)36-9-4-5-14-11-20(40-3)18(12-19(14)36)32-27-33-25(15-8-10-37(41)26(15)34-27)31-17-7-6-16(28)23(29)22(17)24(30)39/h6-8,10-12,41H,4-5,9,13H2,1-3H3,(H2,30,39)(H2,31,32,33,34). The van der Waals surface area contributed by atoms with Gasteiger partial charge in [0, 0.05) is 18.4 Å². The summed E-state index contributed by atoms with van der Waals surface area (Å²) in [7, 11) is 5.22. The first-order chi connectivity index (χ1) is 19.6. The van der Waals surface area contributed by atoms with Gasteiger partial charge in [0.1, 0.15) is 17.1 Å². The summed E-state index contributed by atoms with van der Waals surface area (Å²) < 4.78 is 35.4. The van der Waals surface area contributed by atoms with Gasteiger partial charge in [-0.25, -0.2) is 8.78 Å². The van der Waals surface area contributed by atoms with Crippen molar-refractivity contribution in [2.24, 2.45) is 5.73 Å². The van der Waals surface area contributed by atoms with Crippen LogP contribution in [0, 0.1) is 11.6 Å². The van der Waals surface area contributed by atoms with Crippen molar-refractivity contribution in [1.29, 1.82) is 0 Å². The highest BCUT2D eigenvalue weighted by Crippen LogP contribution is 2.38. The molecule has 0 fully saturated rings. The Balaban J connectivity index is 1.57. The minimum atomic E-state index is -1.37. The molecular formula is C27H28F2N8O3S. The molecule has 214 valence electrons. The Morgan fingerprint density at radius 3 is 2.63 bits per heavy atom. The second-order valence-corrected chi connectivity index (χ2v) is 10.2. The molecule has 2 amide bonds. The molecule has 5 rings (SSSR count). The maximum Gasteiger partial charge on any atom is 0.253 e. The number of likely N-dealkylation sites (N-methyl/N-ethyl adjacent to an activating group) is 1. The highest BCUT2D eigenvalue weighted by molar-refractivity contribution is 7.78. The van der Waals surface area contributed by atoms with Gasteiger partial charge < -0.3 is 30.9 Å². The molecule has 0 unspecified atom stereocenters. The van der Waals surface area contributed by atoms with Crippen LogP contribution in [0.4, 0.5) is 37.6 Å². The Bertz CT molecular complexity index is 1680. The van der Waals surface area contributed by atoms with Crippen LogP contribution in [-0.4, -0.2) is 64.9 Å². The van der Waals surface area contributed by atoms with E-state index < -0.39 is 23.1 Å². The van der Waals surface area contributed by atoms with Gasteiger partial charge >= 0.3 is 0 Å². The predicted molar refractivity (Wildman–Crippen MR) is 156 cm³/mol. The molecule has 41 heavy (non-hydrogen) atoms. The monoisotopic (exact) mass is 582 g/mol. The molecule has 4 aromatic rings. The third kappa shape index (κ3) is 5.47. The molecule has 4 N–H and O–H groups in total. The minimum absolute atomic E-state index is 0.0269. The quantitative estimate of drug-likeness (QED) is 0.231. The first-order valence-corrected chi connectivity index (χ1v) is 13.0. The largest absolute Gasteiger partial charge is 0.495 e. The Hall–Kier alpha value is -4.43. The van der Waals surface area contributed by atoms with Crippen molar-refractivity contribution in [3.8, 4) is 5.75 Å². The number of aryl methyl sites for hydroxylation is 1. The molecule has 0 bridgehead atoms. The third-order valence-corrected chi connectivity index (χ3v) is 6.96. The number of nitrogens with two attached hydrogens (primary N) is 1. The molecule has 0 aliphatic carbocycles. The first-order valence-electron chi connectivity index (χ1n) is 12.6. The van der Waals surface area contributed by atoms with E-state index in [2.05, 4.69) is 33.4 Å². The van der Waals surface area contributed by atoms with E-state index in [1.165, 1.54) is 17.1 Å². The molecule has 14 heteroatoms. The van der Waals surface area contributed by atoms with Gasteiger partial charge in [-0.05, 0) is 62.8 Å². The van der Waals surface area contributed by atoms with Crippen LogP contribution in [0.2, 0.25) is 0 Å². The summed E-state index contributed by atoms with van der Waals surface area (Å²) in [5.74, 6) is -2.95. The van der Waals surface area contributed by atoms with Gasteiger partial charge in [0.05, 0.1) is 30.4 Å². The summed E-state index contributed by atoms with van der Waals surface area (Å²) in [4.78, 5) is 37.6. The third-order valence-electron chi connectivity index (χ3n) is 6.64. The number of carbonyl (C=O) groups is 2. The van der Waals surface area contributed by atoms with Crippen molar-refractivity contribution in [1.82, 2.24) is 18.8 Å². The van der Waals surface area contributed by atoms with Gasteiger partial charge in [0.15, 0.2) is 17.3 Å². The molecule has 3 heterocycles. The highest BCUT2D eigenvalue weighted by atomic mass is 32.1. The molecule has 1 aliphatic rings. The zero-order valence-corrected chi connectivity index (χ0v) is 23.4. The van der Waals surface area contributed by atoms with Crippen LogP contribution >= 0.6 is 12.8 Å². The Labute approximate surface area is 239 Å². The lowest BCUT2D eigenvalue weighted by Gasteiger charge is -2.31. The molecule has 11 nitrogen and oxygen atoms in total. The molecule has 1 aliphatic heterocycles. The number of fused-ring (bicyclic) bond motifs is 2. The van der Waals surface area contributed by atoms with E-state index in [0.717, 1.165) is 30.2 Å². The predicted octanol–water partition coefficient (Wildman–Crippen LogP) is 3.84. The van der Waals surface area contributed by atoms with Crippen molar-refractivity contribution in [2.75, 3.05) is 49.8 Å². The second kappa shape index (κ2) is 11.2. The zero-order chi connectivity index (χ0) is 29.4. The van der Waals surface area contributed by atoms with Crippen molar-refractivity contribution in [3.05, 3.63) is 59.3 Å². The van der Waals surface area contributed by atoms with Crippen LogP contribution in [0.5, 0.6) is 5.75 Å². The molecule has 0 atom stereocenters. The first kappa shape index (κ1) is 28.1. The average Bonchev–Trinajstić information content (AvgIpc) is 3.30. The van der Waals surface area contributed by atoms with E-state index in [1.807, 2.05) is 31.1 Å². The van der Waals surface area contributed by atoms with E-state index in [-0.39, 0.29) is 29.9 Å². The number of thiol groups is 1. The number of anilines is 5. The van der Waals surface area contributed by atoms with Gasteiger partial charge in [-0.2, -0.15) is 9.97 Å². The molecule has 2 aromatic carbocycles. The number of hydrogen-bond acceptors (Lipinski definition) is 9. The number of halogens is 2. The number of aromatic nitrogens is 3. The van der Waals surface area contributed by atoms with Crippen LogP contribution in [0.3, 0.4) is 0 Å². The van der Waals surface area contributed by atoms with E-state index in [4.69, 9.17) is 10.5 Å². The molecular weight excluding hydrogens is 554 g/mol. The fourth-order valence-corrected chi connectivity index (χ4v) is 5.01. The number of primary amides is 1. The lowest BCUT2D eigenvalue weighted by Crippen LogP contribution is -2.40. The topological polar surface area (TPSA) is 131 Å². The lowest BCUT2D eigenvalue weighted by molar-refractivity contribution is -0.119. The summed E-state index contributed by atoms with van der Waals surface area (Å²) >= 11 is 4.41. The number of benzene rings is 2. The summed E-state index contributed by atoms with van der Waals surface area (Å²) in [5, 5.41) is 6.54. The number of rotatable bonds is 8. The van der Waals surface area contributed by atoms with Gasteiger partial charge in [-0.1, -0.05) is 12.8 Å². The second-order valence-electron chi connectivity index (χ2n) is 9.76. The number of nitrogens with one attached hydrogen (secondary N) is 2. The van der Waals surface area contributed by atoms with Gasteiger partial charge in [-0.3, -0.25) is 13.6 Å². The normalized spacial score (nSPS) is 12.9. The average molecular weight is 583 g/mol. The van der Waals surface area contributed by atoms with Gasteiger partial charge in [0.25, 0.3) is 5.91 Å². The van der Waals surface area contributed by atoms with E-state index in [9.17, 15) is 18.4 Å². The summed E-state index contributed by atoms with van der Waals surface area (Å²) in [6.07, 6.45) is 3.25. The van der Waals surface area contributed by atoms with Crippen molar-refractivity contribution in [3.63, 3.8) is 0 Å². The fraction of sp³-hybridized carbons (Fsp3) is 0.259. The summed E-state index contributed by atoms with van der Waals surface area (Å²) in [5.41, 5.74) is 7.25. The Morgan fingerprint density at radius 2 is 1.93 bits per heavy atom. The maximum absolute atomic E-state index is 14.5. The molecule has 0 spiro atoms. The maximum atomic E-state index is 14.5. The smallest absolute Gasteiger partial charge is 0.253 e. The number of carbonyl (C=O) groups excluding carboxylic acids is 2. The van der Waals surface area contributed by atoms with E-state index >= 15 is 0 Å². The number of amides is 2. The van der Waals surface area contributed by atoms with Crippen LogP contribution in [-0.2, 0) is 11.2 Å². The summed E-state index contributed by atoms with van der Waals surface area (Å²) in [6, 6.07) is 7.45. The van der Waals surface area contributed by atoms with Gasteiger partial charge in [0.2, 0.25) is 11.9 Å². The molecule has 0 saturated carbocycles. The molecule has 0 radical (unpaired) electrons. The zero-order valence-electron chi connectivity index (χ0n) is 22.5. The van der Waals surface area contributed by atoms with Crippen molar-refractivity contribution >= 4 is 64.5 Å². The highest BCUT2D eigenvalue weighted by Gasteiger charge is 2.26. The number of nitrogens with zero attached hydrogens (tertiary/aromatic N) is 5. The van der Waals surface area contributed by atoms with Crippen LogP contribution in [0.25, 0.3) is 11.0 Å². The Morgan fingerprint density at radius 1 is 1.15 bits per heavy atom. The fourth-order valence-electron chi connectivity index (χ4n) is 4.79. The molecule has 2 aromatic heterocycles. The van der Waals surface area contributed by atoms with Gasteiger partial charge in [-0.15, -0.1) is 0 Å². The SMILES string of the molecule is COc1cc2c(cc1Nc1nc(Nc3ccc(F)c(F)c3C(N)=O)c3ccn(S)c3n1)N(C(=O)CN(C)C)CCC2. The number of hydrogen-bond donors (Lipinski definition) is 4. The van der Waals surface area contributed by atoms with Crippen LogP contribution in [0.1, 0.15) is 22.3 Å². The lowest BCUT2D eigenvalue weighted by atomic mass is 10.00. The van der Waals surface area contributed by atoms with E-state index in [1.54, 1.807) is 17.2 Å². The number of methoxy groups -OCH3 is 1. The molecule has 0 saturated heterocycles. The van der Waals surface area contributed by atoms with Crippen molar-refractivity contribution in [2.45, 2.75) is 12.8 Å². The van der Waals surface area contributed by atoms with Crippen LogP contribution in [0.15, 0.2) is 36.5 Å². The minimum Gasteiger partial charge on any atom is -0.495 e. The van der Waals surface area contributed by atoms with E-state index in [0.29, 0.717) is 29.0 Å². The van der Waals surface area contributed by atoms with Crippen molar-refractivity contribution < 1.29 is 23.1 Å². The number of ether oxygens (including phenoxy) is 1.